The average Bonchev–Trinajstić information content (AvgIpc) is 3.37. The summed E-state index contributed by atoms with van der Waals surface area (Å²) in [5.41, 5.74) is 1.36. The molecule has 2 aromatic rings. The van der Waals surface area contributed by atoms with Gasteiger partial charge in [0, 0.05) is 26.2 Å². The predicted molar refractivity (Wildman–Crippen MR) is 100 cm³/mol. The number of rotatable bonds is 5. The number of cyclic esters (lactones) is 1. The highest BCUT2D eigenvalue weighted by Crippen LogP contribution is 2.28. The third-order valence-corrected chi connectivity index (χ3v) is 4.85. The molecule has 0 unspecified atom stereocenters. The predicted octanol–water partition coefficient (Wildman–Crippen LogP) is 1.58. The molecule has 1 atom stereocenters. The summed E-state index contributed by atoms with van der Waals surface area (Å²) in [4.78, 5) is 27.5. The molecular weight excluding hydrogens is 367 g/mol. The van der Waals surface area contributed by atoms with Crippen LogP contribution in [-0.2, 0) is 4.74 Å². The van der Waals surface area contributed by atoms with E-state index in [9.17, 15) is 14.0 Å². The smallest absolute Gasteiger partial charge is 0.414 e. The number of halogens is 1. The van der Waals surface area contributed by atoms with Crippen LogP contribution in [0.25, 0.3) is 0 Å². The van der Waals surface area contributed by atoms with E-state index >= 15 is 0 Å². The fraction of sp³-hybridized carbons (Fsp3) is 0.368. The summed E-state index contributed by atoms with van der Waals surface area (Å²) in [6.07, 6.45) is 1.67. The van der Waals surface area contributed by atoms with Crippen LogP contribution in [0.2, 0.25) is 0 Å². The highest BCUT2D eigenvalue weighted by molar-refractivity contribution is 5.94. The van der Waals surface area contributed by atoms with Crippen LogP contribution in [0.1, 0.15) is 10.4 Å². The number of benzene rings is 1. The second-order valence-corrected chi connectivity index (χ2v) is 6.71. The van der Waals surface area contributed by atoms with Crippen molar-refractivity contribution < 1.29 is 23.1 Å². The molecule has 2 amide bonds. The lowest BCUT2D eigenvalue weighted by Gasteiger charge is -2.30. The number of nitrogens with one attached hydrogen (secondary N) is 2. The van der Waals surface area contributed by atoms with Gasteiger partial charge in [-0.25, -0.2) is 9.18 Å². The molecule has 0 aliphatic carbocycles. The first kappa shape index (κ1) is 18.3. The van der Waals surface area contributed by atoms with Gasteiger partial charge in [-0.05, 0) is 24.3 Å². The van der Waals surface area contributed by atoms with Crippen LogP contribution in [0.3, 0.4) is 0 Å². The normalized spacial score (nSPS) is 19.6. The lowest BCUT2D eigenvalue weighted by Crippen LogP contribution is -2.43. The van der Waals surface area contributed by atoms with Crippen molar-refractivity contribution in [3.8, 4) is 0 Å². The Bertz CT molecular complexity index is 852. The standard InChI is InChI=1S/C19H21FN4O4/c20-16-9-14(1-2-17(16)23-6-4-21-5-7-23)24-11-15(28-19(24)26)10-22-18(25)13-3-8-27-12-13/h1-3,8-9,12,15,21H,4-7,10-11H2,(H,22,25)/t15-/m0/s1. The molecule has 9 heteroatoms. The minimum Gasteiger partial charge on any atom is -0.472 e. The van der Waals surface area contributed by atoms with E-state index in [1.165, 1.54) is 23.5 Å². The van der Waals surface area contributed by atoms with Crippen molar-refractivity contribution >= 4 is 23.4 Å². The van der Waals surface area contributed by atoms with Crippen LogP contribution in [0.5, 0.6) is 0 Å². The number of ether oxygens (including phenoxy) is 1. The Labute approximate surface area is 161 Å². The number of hydrogen-bond acceptors (Lipinski definition) is 6. The first-order valence-electron chi connectivity index (χ1n) is 9.15. The zero-order valence-corrected chi connectivity index (χ0v) is 15.2. The largest absolute Gasteiger partial charge is 0.472 e. The minimum absolute atomic E-state index is 0.160. The molecule has 1 aromatic heterocycles. The van der Waals surface area contributed by atoms with Crippen LogP contribution in [0.15, 0.2) is 41.2 Å². The van der Waals surface area contributed by atoms with E-state index in [1.807, 2.05) is 4.90 Å². The summed E-state index contributed by atoms with van der Waals surface area (Å²) in [7, 11) is 0. The molecule has 148 valence electrons. The van der Waals surface area contributed by atoms with Gasteiger partial charge in [-0.1, -0.05) is 0 Å². The Morgan fingerprint density at radius 2 is 2.11 bits per heavy atom. The fourth-order valence-electron chi connectivity index (χ4n) is 3.37. The Hall–Kier alpha value is -3.07. The average molecular weight is 388 g/mol. The molecular formula is C19H21FN4O4. The Morgan fingerprint density at radius 1 is 1.29 bits per heavy atom. The molecule has 4 rings (SSSR count). The molecule has 2 N–H and O–H groups in total. The fourth-order valence-corrected chi connectivity index (χ4v) is 3.37. The molecule has 2 aliphatic heterocycles. The monoisotopic (exact) mass is 388 g/mol. The third kappa shape index (κ3) is 3.79. The van der Waals surface area contributed by atoms with Crippen LogP contribution in [0, 0.1) is 5.82 Å². The van der Waals surface area contributed by atoms with Crippen molar-refractivity contribution in [1.82, 2.24) is 10.6 Å². The summed E-state index contributed by atoms with van der Waals surface area (Å²) in [5, 5.41) is 5.92. The number of carbonyl (C=O) groups excluding carboxylic acids is 2. The second kappa shape index (κ2) is 7.89. The molecule has 0 saturated carbocycles. The Kier molecular flexibility index (Phi) is 5.16. The first-order valence-corrected chi connectivity index (χ1v) is 9.15. The van der Waals surface area contributed by atoms with Crippen LogP contribution < -0.4 is 20.4 Å². The molecule has 28 heavy (non-hydrogen) atoms. The first-order chi connectivity index (χ1) is 13.6. The van der Waals surface area contributed by atoms with Gasteiger partial charge in [-0.3, -0.25) is 9.69 Å². The Morgan fingerprint density at radius 3 is 2.82 bits per heavy atom. The van der Waals surface area contributed by atoms with E-state index in [1.54, 1.807) is 18.2 Å². The topological polar surface area (TPSA) is 87.1 Å². The van der Waals surface area contributed by atoms with E-state index in [0.717, 1.165) is 26.2 Å². The highest BCUT2D eigenvalue weighted by Gasteiger charge is 2.33. The summed E-state index contributed by atoms with van der Waals surface area (Å²) >= 11 is 0. The minimum atomic E-state index is -0.558. The molecule has 2 saturated heterocycles. The van der Waals surface area contributed by atoms with Gasteiger partial charge in [0.25, 0.3) is 5.91 Å². The molecule has 3 heterocycles. The maximum Gasteiger partial charge on any atom is 0.414 e. The second-order valence-electron chi connectivity index (χ2n) is 6.71. The van der Waals surface area contributed by atoms with E-state index < -0.39 is 12.2 Å². The SMILES string of the molecule is O=C(NC[C@H]1CN(c2ccc(N3CCNCC3)c(F)c2)C(=O)O1)c1ccoc1. The van der Waals surface area contributed by atoms with Crippen molar-refractivity contribution in [1.29, 1.82) is 0 Å². The van der Waals surface area contributed by atoms with Gasteiger partial charge in [0.05, 0.1) is 36.3 Å². The third-order valence-electron chi connectivity index (χ3n) is 4.85. The molecule has 0 bridgehead atoms. The van der Waals surface area contributed by atoms with Crippen molar-refractivity contribution in [2.24, 2.45) is 0 Å². The van der Waals surface area contributed by atoms with Gasteiger partial charge < -0.3 is 24.7 Å². The number of carbonyl (C=O) groups is 2. The van der Waals surface area contributed by atoms with Gasteiger partial charge >= 0.3 is 6.09 Å². The molecule has 8 nitrogen and oxygen atoms in total. The van der Waals surface area contributed by atoms with Crippen molar-refractivity contribution in [3.63, 3.8) is 0 Å². The van der Waals surface area contributed by atoms with Crippen LogP contribution in [0.4, 0.5) is 20.6 Å². The molecule has 0 radical (unpaired) electrons. The van der Waals surface area contributed by atoms with Gasteiger partial charge in [0.1, 0.15) is 18.2 Å². The van der Waals surface area contributed by atoms with E-state index in [2.05, 4.69) is 10.6 Å². The number of hydrogen-bond donors (Lipinski definition) is 2. The van der Waals surface area contributed by atoms with Crippen LogP contribution >= 0.6 is 0 Å². The van der Waals surface area contributed by atoms with E-state index in [-0.39, 0.29) is 24.8 Å². The van der Waals surface area contributed by atoms with Crippen LogP contribution in [-0.4, -0.2) is 57.4 Å². The number of anilines is 2. The van der Waals surface area contributed by atoms with Gasteiger partial charge in [-0.15, -0.1) is 0 Å². The summed E-state index contributed by atoms with van der Waals surface area (Å²) in [6.45, 7) is 3.49. The maximum absolute atomic E-state index is 14.6. The van der Waals surface area contributed by atoms with Crippen molar-refractivity contribution in [3.05, 3.63) is 48.2 Å². The summed E-state index contributed by atoms with van der Waals surface area (Å²) in [6, 6.07) is 6.31. The molecule has 2 fully saturated rings. The summed E-state index contributed by atoms with van der Waals surface area (Å²) in [5.74, 6) is -0.682. The molecule has 1 aromatic carbocycles. The maximum atomic E-state index is 14.6. The van der Waals surface area contributed by atoms with E-state index in [0.29, 0.717) is 16.9 Å². The zero-order chi connectivity index (χ0) is 19.5. The number of amides is 2. The summed E-state index contributed by atoms with van der Waals surface area (Å²) < 4.78 is 24.8. The van der Waals surface area contributed by atoms with Crippen molar-refractivity contribution in [2.75, 3.05) is 49.1 Å². The number of nitrogens with zero attached hydrogens (tertiary/aromatic N) is 2. The van der Waals surface area contributed by atoms with Gasteiger partial charge in [0.15, 0.2) is 0 Å². The Balaban J connectivity index is 1.38. The van der Waals surface area contributed by atoms with Crippen molar-refractivity contribution in [2.45, 2.75) is 6.10 Å². The lowest BCUT2D eigenvalue weighted by molar-refractivity contribution is 0.0915. The van der Waals surface area contributed by atoms with E-state index in [4.69, 9.17) is 9.15 Å². The molecule has 0 spiro atoms. The van der Waals surface area contributed by atoms with Gasteiger partial charge in [0.2, 0.25) is 0 Å². The quantitative estimate of drug-likeness (QED) is 0.809. The lowest BCUT2D eigenvalue weighted by atomic mass is 10.2. The number of furan rings is 1. The highest BCUT2D eigenvalue weighted by atomic mass is 19.1. The zero-order valence-electron chi connectivity index (χ0n) is 15.2. The number of piperazine rings is 1. The molecule has 2 aliphatic rings. The van der Waals surface area contributed by atoms with Gasteiger partial charge in [-0.2, -0.15) is 0 Å².